The zero-order valence-corrected chi connectivity index (χ0v) is 11.9. The lowest BCUT2D eigenvalue weighted by Gasteiger charge is -2.34. The molecule has 104 valence electrons. The summed E-state index contributed by atoms with van der Waals surface area (Å²) in [5.41, 5.74) is 6.02. The maximum atomic E-state index is 12.5. The summed E-state index contributed by atoms with van der Waals surface area (Å²) in [6, 6.07) is 0.232. The van der Waals surface area contributed by atoms with Crippen molar-refractivity contribution in [2.24, 2.45) is 23.5 Å². The summed E-state index contributed by atoms with van der Waals surface area (Å²) in [6.07, 6.45) is 8.37. The molecular weight excluding hydrogens is 224 g/mol. The molecule has 0 saturated heterocycles. The Bertz CT molecular complexity index is 286. The number of hydrogen-bond acceptors (Lipinski definition) is 2. The lowest BCUT2D eigenvalue weighted by atomic mass is 9.77. The molecule has 3 unspecified atom stereocenters. The van der Waals surface area contributed by atoms with Crippen LogP contribution < -0.4 is 5.73 Å². The van der Waals surface area contributed by atoms with Crippen molar-refractivity contribution in [2.75, 3.05) is 13.6 Å². The Morgan fingerprint density at radius 2 is 1.89 bits per heavy atom. The van der Waals surface area contributed by atoms with Gasteiger partial charge in [-0.25, -0.2) is 0 Å². The Balaban J connectivity index is 1.88. The third kappa shape index (κ3) is 3.25. The number of amides is 1. The summed E-state index contributed by atoms with van der Waals surface area (Å²) in [7, 11) is 1.98. The van der Waals surface area contributed by atoms with Crippen molar-refractivity contribution >= 4 is 5.91 Å². The predicted molar refractivity (Wildman–Crippen MR) is 74.1 cm³/mol. The minimum atomic E-state index is 0.167. The first-order valence-electron chi connectivity index (χ1n) is 7.58. The maximum absolute atomic E-state index is 12.5. The number of hydrogen-bond donors (Lipinski definition) is 1. The number of carbonyl (C=O) groups is 1. The van der Waals surface area contributed by atoms with E-state index < -0.39 is 0 Å². The highest BCUT2D eigenvalue weighted by molar-refractivity contribution is 5.79. The van der Waals surface area contributed by atoms with Crippen molar-refractivity contribution in [3.05, 3.63) is 0 Å². The van der Waals surface area contributed by atoms with E-state index in [0.717, 1.165) is 31.7 Å². The monoisotopic (exact) mass is 252 g/mol. The standard InChI is InChI=1S/C15H28N2O/c1-11-7-8-13(16)9-14(11)15(18)17(2)10-12-5-3-4-6-12/h11-14H,3-10,16H2,1-2H3. The fourth-order valence-corrected chi connectivity index (χ4v) is 3.65. The lowest BCUT2D eigenvalue weighted by molar-refractivity contribution is -0.137. The predicted octanol–water partition coefficient (Wildman–Crippen LogP) is 2.40. The molecule has 0 radical (unpaired) electrons. The molecule has 0 bridgehead atoms. The van der Waals surface area contributed by atoms with Gasteiger partial charge >= 0.3 is 0 Å². The highest BCUT2D eigenvalue weighted by atomic mass is 16.2. The second-order valence-corrected chi connectivity index (χ2v) is 6.53. The molecule has 2 N–H and O–H groups in total. The van der Waals surface area contributed by atoms with E-state index in [1.54, 1.807) is 0 Å². The van der Waals surface area contributed by atoms with Gasteiger partial charge in [-0.1, -0.05) is 19.8 Å². The summed E-state index contributed by atoms with van der Waals surface area (Å²) in [5, 5.41) is 0. The molecule has 0 spiro atoms. The molecule has 0 aromatic carbocycles. The van der Waals surface area contributed by atoms with Gasteiger partial charge in [0, 0.05) is 25.6 Å². The van der Waals surface area contributed by atoms with Crippen LogP contribution >= 0.6 is 0 Å². The van der Waals surface area contributed by atoms with E-state index in [2.05, 4.69) is 6.92 Å². The summed E-state index contributed by atoms with van der Waals surface area (Å²) in [4.78, 5) is 14.5. The van der Waals surface area contributed by atoms with Crippen molar-refractivity contribution in [1.82, 2.24) is 4.90 Å². The van der Waals surface area contributed by atoms with Crippen molar-refractivity contribution in [3.8, 4) is 0 Å². The maximum Gasteiger partial charge on any atom is 0.225 e. The first-order valence-corrected chi connectivity index (χ1v) is 7.58. The SMILES string of the molecule is CC1CCC(N)CC1C(=O)N(C)CC1CCCC1. The molecule has 0 heterocycles. The molecule has 2 aliphatic rings. The van der Waals surface area contributed by atoms with Crippen LogP contribution in [0.25, 0.3) is 0 Å². The fourth-order valence-electron chi connectivity index (χ4n) is 3.65. The molecular formula is C15H28N2O. The number of nitrogens with two attached hydrogens (primary N) is 1. The molecule has 1 amide bonds. The highest BCUT2D eigenvalue weighted by Gasteiger charge is 2.33. The highest BCUT2D eigenvalue weighted by Crippen LogP contribution is 2.31. The van der Waals surface area contributed by atoms with Gasteiger partial charge < -0.3 is 10.6 Å². The molecule has 0 aliphatic heterocycles. The van der Waals surface area contributed by atoms with E-state index in [1.165, 1.54) is 25.7 Å². The second kappa shape index (κ2) is 6.05. The largest absolute Gasteiger partial charge is 0.345 e. The Hall–Kier alpha value is -0.570. The van der Waals surface area contributed by atoms with Crippen molar-refractivity contribution in [2.45, 2.75) is 57.9 Å². The van der Waals surface area contributed by atoms with Crippen LogP contribution in [0.4, 0.5) is 0 Å². The molecule has 3 nitrogen and oxygen atoms in total. The molecule has 3 atom stereocenters. The van der Waals surface area contributed by atoms with E-state index in [9.17, 15) is 4.79 Å². The summed E-state index contributed by atoms with van der Waals surface area (Å²) < 4.78 is 0. The topological polar surface area (TPSA) is 46.3 Å². The average Bonchev–Trinajstić information content (AvgIpc) is 2.84. The van der Waals surface area contributed by atoms with Crippen LogP contribution in [0.3, 0.4) is 0 Å². The molecule has 2 fully saturated rings. The normalized spacial score (nSPS) is 33.6. The van der Waals surface area contributed by atoms with Gasteiger partial charge in [-0.05, 0) is 43.9 Å². The van der Waals surface area contributed by atoms with Crippen molar-refractivity contribution in [1.29, 1.82) is 0 Å². The number of rotatable bonds is 3. The van der Waals surface area contributed by atoms with Gasteiger partial charge in [-0.2, -0.15) is 0 Å². The van der Waals surface area contributed by atoms with Crippen molar-refractivity contribution in [3.63, 3.8) is 0 Å². The third-order valence-electron chi connectivity index (χ3n) is 4.94. The first-order chi connectivity index (χ1) is 8.58. The van der Waals surface area contributed by atoms with Gasteiger partial charge in [-0.15, -0.1) is 0 Å². The first kappa shape index (κ1) is 13.9. The smallest absolute Gasteiger partial charge is 0.225 e. The van der Waals surface area contributed by atoms with Crippen LogP contribution in [0, 0.1) is 17.8 Å². The zero-order valence-electron chi connectivity index (χ0n) is 11.9. The van der Waals surface area contributed by atoms with Gasteiger partial charge in [0.1, 0.15) is 0 Å². The summed E-state index contributed by atoms with van der Waals surface area (Å²) in [5.74, 6) is 1.75. The summed E-state index contributed by atoms with van der Waals surface area (Å²) >= 11 is 0. The molecule has 18 heavy (non-hydrogen) atoms. The molecule has 0 aromatic heterocycles. The zero-order chi connectivity index (χ0) is 13.1. The molecule has 2 aliphatic carbocycles. The van der Waals surface area contributed by atoms with Crippen LogP contribution in [-0.2, 0) is 4.79 Å². The third-order valence-corrected chi connectivity index (χ3v) is 4.94. The molecule has 3 heteroatoms. The Morgan fingerprint density at radius 3 is 2.56 bits per heavy atom. The van der Waals surface area contributed by atoms with Gasteiger partial charge in [-0.3, -0.25) is 4.79 Å². The van der Waals surface area contributed by atoms with Gasteiger partial charge in [0.25, 0.3) is 0 Å². The number of carbonyl (C=O) groups excluding carboxylic acids is 1. The van der Waals surface area contributed by atoms with E-state index in [4.69, 9.17) is 5.73 Å². The molecule has 0 aromatic rings. The second-order valence-electron chi connectivity index (χ2n) is 6.53. The average molecular weight is 252 g/mol. The number of nitrogens with zero attached hydrogens (tertiary/aromatic N) is 1. The molecule has 2 saturated carbocycles. The Morgan fingerprint density at radius 1 is 1.22 bits per heavy atom. The minimum absolute atomic E-state index is 0.167. The quantitative estimate of drug-likeness (QED) is 0.838. The van der Waals surface area contributed by atoms with Crippen LogP contribution in [0.5, 0.6) is 0 Å². The molecule has 2 rings (SSSR count). The van der Waals surface area contributed by atoms with Gasteiger partial charge in [0.2, 0.25) is 5.91 Å². The van der Waals surface area contributed by atoms with E-state index in [1.807, 2.05) is 11.9 Å². The van der Waals surface area contributed by atoms with Crippen LogP contribution in [-0.4, -0.2) is 30.4 Å². The minimum Gasteiger partial charge on any atom is -0.345 e. The van der Waals surface area contributed by atoms with Crippen LogP contribution in [0.15, 0.2) is 0 Å². The van der Waals surface area contributed by atoms with Gasteiger partial charge in [0.05, 0.1) is 0 Å². The lowest BCUT2D eigenvalue weighted by Crippen LogP contribution is -2.43. The fraction of sp³-hybridized carbons (Fsp3) is 0.933. The van der Waals surface area contributed by atoms with Gasteiger partial charge in [0.15, 0.2) is 0 Å². The summed E-state index contributed by atoms with van der Waals surface area (Å²) in [6.45, 7) is 3.16. The van der Waals surface area contributed by atoms with E-state index >= 15 is 0 Å². The Labute approximate surface area is 111 Å². The Kier molecular flexibility index (Phi) is 4.66. The van der Waals surface area contributed by atoms with Crippen LogP contribution in [0.1, 0.15) is 51.9 Å². The van der Waals surface area contributed by atoms with Crippen LogP contribution in [0.2, 0.25) is 0 Å². The van der Waals surface area contributed by atoms with Crippen molar-refractivity contribution < 1.29 is 4.79 Å². The van der Waals surface area contributed by atoms with E-state index in [0.29, 0.717) is 11.8 Å². The van der Waals surface area contributed by atoms with E-state index in [-0.39, 0.29) is 12.0 Å².